The van der Waals surface area contributed by atoms with Crippen LogP contribution in [0.4, 0.5) is 20.3 Å². The number of aromatic nitrogens is 5. The first-order valence-corrected chi connectivity index (χ1v) is 11.8. The van der Waals surface area contributed by atoms with E-state index in [1.165, 1.54) is 6.07 Å². The Morgan fingerprint density at radius 3 is 2.61 bits per heavy atom. The molecule has 0 unspecified atom stereocenters. The minimum atomic E-state index is -0.650. The number of nitrogens with one attached hydrogen (secondary N) is 1. The fraction of sp³-hybridized carbons (Fsp3) is 0.400. The first-order chi connectivity index (χ1) is 17.5. The average molecular weight is 498 g/mol. The Morgan fingerprint density at radius 1 is 1.08 bits per heavy atom. The molecule has 1 fully saturated rings. The van der Waals surface area contributed by atoms with Gasteiger partial charge in [0, 0.05) is 64.1 Å². The summed E-state index contributed by atoms with van der Waals surface area (Å²) in [6.45, 7) is 4.22. The first-order valence-electron chi connectivity index (χ1n) is 11.8. The van der Waals surface area contributed by atoms with Crippen LogP contribution in [0, 0.1) is 18.6 Å². The summed E-state index contributed by atoms with van der Waals surface area (Å²) in [5.41, 5.74) is 2.42. The molecule has 0 bridgehead atoms. The van der Waals surface area contributed by atoms with Gasteiger partial charge in [0.1, 0.15) is 11.6 Å². The second kappa shape index (κ2) is 10.3. The normalized spacial score (nSPS) is 15.3. The Balaban J connectivity index is 1.31. The van der Waals surface area contributed by atoms with Gasteiger partial charge in [0.25, 0.3) is 0 Å². The highest BCUT2D eigenvalue weighted by atomic mass is 19.1. The highest BCUT2D eigenvalue weighted by Gasteiger charge is 2.23. The topological polar surface area (TPSA) is 81.7 Å². The molecule has 1 aromatic carbocycles. The number of benzene rings is 1. The monoisotopic (exact) mass is 497 g/mol. The van der Waals surface area contributed by atoms with Crippen molar-refractivity contribution in [2.75, 3.05) is 39.2 Å². The summed E-state index contributed by atoms with van der Waals surface area (Å²) in [4.78, 5) is 11.2. The third kappa shape index (κ3) is 4.81. The zero-order valence-electron chi connectivity index (χ0n) is 20.5. The highest BCUT2D eigenvalue weighted by Crippen LogP contribution is 2.29. The second-order valence-corrected chi connectivity index (χ2v) is 8.96. The molecule has 190 valence electrons. The number of piperidine rings is 1. The minimum absolute atomic E-state index is 0.218. The lowest BCUT2D eigenvalue weighted by Gasteiger charge is -2.33. The van der Waals surface area contributed by atoms with Crippen LogP contribution in [-0.4, -0.2) is 69.2 Å². The molecule has 11 heteroatoms. The zero-order valence-corrected chi connectivity index (χ0v) is 20.5. The van der Waals surface area contributed by atoms with Crippen molar-refractivity contribution in [1.82, 2.24) is 29.0 Å². The van der Waals surface area contributed by atoms with E-state index in [-0.39, 0.29) is 11.9 Å². The van der Waals surface area contributed by atoms with E-state index in [0.717, 1.165) is 44.2 Å². The molecule has 0 spiro atoms. The molecule has 0 radical (unpaired) electrons. The van der Waals surface area contributed by atoms with Gasteiger partial charge in [0.05, 0.1) is 29.8 Å². The van der Waals surface area contributed by atoms with Gasteiger partial charge in [-0.1, -0.05) is 0 Å². The molecule has 1 N–H and O–H groups in total. The van der Waals surface area contributed by atoms with Gasteiger partial charge in [0.2, 0.25) is 0 Å². The number of likely N-dealkylation sites (tertiary alicyclic amines) is 1. The number of imidazole rings is 1. The van der Waals surface area contributed by atoms with E-state index >= 15 is 0 Å². The molecule has 4 heterocycles. The lowest BCUT2D eigenvalue weighted by Crippen LogP contribution is -2.40. The van der Waals surface area contributed by atoms with Crippen LogP contribution in [0.2, 0.25) is 0 Å². The van der Waals surface area contributed by atoms with Gasteiger partial charge >= 0.3 is 0 Å². The number of ether oxygens (including phenoxy) is 2. The van der Waals surface area contributed by atoms with Gasteiger partial charge in [-0.3, -0.25) is 14.0 Å². The van der Waals surface area contributed by atoms with Crippen molar-refractivity contribution in [2.24, 2.45) is 0 Å². The Morgan fingerprint density at radius 2 is 1.86 bits per heavy atom. The summed E-state index contributed by atoms with van der Waals surface area (Å²) < 4.78 is 42.7. The molecule has 1 aliphatic rings. The van der Waals surface area contributed by atoms with Crippen LogP contribution >= 0.6 is 0 Å². The van der Waals surface area contributed by atoms with Crippen LogP contribution in [0.15, 0.2) is 43.1 Å². The zero-order chi connectivity index (χ0) is 25.2. The van der Waals surface area contributed by atoms with Gasteiger partial charge in [-0.2, -0.15) is 5.10 Å². The van der Waals surface area contributed by atoms with Crippen LogP contribution in [0.25, 0.3) is 16.9 Å². The first kappa shape index (κ1) is 24.3. The standard InChI is InChI=1S/C25H29F2N7O2/c1-16-10-19(21(27)11-20(16)26)22-13-29-24(25-28-6-9-33(22)25)31-17-12-30-34(14-17)18-4-7-32(8-5-18)15-23(35-2)36-3/h6,9-14,18,23H,4-5,7-8,15H2,1-3H3,(H,29,31). The molecule has 0 atom stereocenters. The van der Waals surface area contributed by atoms with E-state index in [4.69, 9.17) is 9.47 Å². The number of methoxy groups -OCH3 is 2. The fourth-order valence-corrected chi connectivity index (χ4v) is 4.62. The van der Waals surface area contributed by atoms with E-state index in [9.17, 15) is 8.78 Å². The number of fused-ring (bicyclic) bond motifs is 1. The Bertz CT molecular complexity index is 1340. The molecule has 0 aliphatic carbocycles. The largest absolute Gasteiger partial charge is 0.355 e. The molecular formula is C25H29F2N7O2. The summed E-state index contributed by atoms with van der Waals surface area (Å²) in [7, 11) is 3.31. The molecule has 1 saturated heterocycles. The smallest absolute Gasteiger partial charge is 0.180 e. The third-order valence-electron chi connectivity index (χ3n) is 6.68. The van der Waals surface area contributed by atoms with E-state index in [0.29, 0.717) is 28.8 Å². The minimum Gasteiger partial charge on any atom is -0.355 e. The van der Waals surface area contributed by atoms with Crippen LogP contribution in [-0.2, 0) is 9.47 Å². The van der Waals surface area contributed by atoms with Gasteiger partial charge in [0.15, 0.2) is 17.8 Å². The predicted molar refractivity (Wildman–Crippen MR) is 131 cm³/mol. The van der Waals surface area contributed by atoms with Crippen molar-refractivity contribution in [3.63, 3.8) is 0 Å². The number of aryl methyl sites for hydroxylation is 1. The van der Waals surface area contributed by atoms with Crippen molar-refractivity contribution in [1.29, 1.82) is 0 Å². The molecule has 0 saturated carbocycles. The number of halogens is 2. The average Bonchev–Trinajstić information content (AvgIpc) is 3.56. The molecule has 1 aliphatic heterocycles. The van der Waals surface area contributed by atoms with Gasteiger partial charge < -0.3 is 14.8 Å². The van der Waals surface area contributed by atoms with Gasteiger partial charge in [-0.15, -0.1) is 0 Å². The highest BCUT2D eigenvalue weighted by molar-refractivity contribution is 5.74. The quantitative estimate of drug-likeness (QED) is 0.366. The number of hydrogen-bond acceptors (Lipinski definition) is 7. The number of hydrogen-bond donors (Lipinski definition) is 1. The number of nitrogens with zero attached hydrogens (tertiary/aromatic N) is 6. The van der Waals surface area contributed by atoms with Crippen LogP contribution < -0.4 is 5.32 Å². The maximum Gasteiger partial charge on any atom is 0.180 e. The van der Waals surface area contributed by atoms with Crippen molar-refractivity contribution >= 4 is 17.2 Å². The number of rotatable bonds is 8. The lowest BCUT2D eigenvalue weighted by atomic mass is 10.1. The van der Waals surface area contributed by atoms with E-state index in [1.54, 1.807) is 50.3 Å². The molecule has 5 rings (SSSR count). The van der Waals surface area contributed by atoms with Crippen molar-refractivity contribution in [3.8, 4) is 11.3 Å². The summed E-state index contributed by atoms with van der Waals surface area (Å²) in [5.74, 6) is -0.716. The molecule has 3 aromatic heterocycles. The third-order valence-corrected chi connectivity index (χ3v) is 6.68. The molecule has 0 amide bonds. The van der Waals surface area contributed by atoms with E-state index in [1.807, 2.05) is 10.9 Å². The fourth-order valence-electron chi connectivity index (χ4n) is 4.62. The van der Waals surface area contributed by atoms with E-state index < -0.39 is 11.6 Å². The van der Waals surface area contributed by atoms with Crippen LogP contribution in [0.1, 0.15) is 24.4 Å². The lowest BCUT2D eigenvalue weighted by molar-refractivity contribution is -0.118. The second-order valence-electron chi connectivity index (χ2n) is 8.96. The van der Waals surface area contributed by atoms with Crippen molar-refractivity contribution < 1.29 is 18.3 Å². The summed E-state index contributed by atoms with van der Waals surface area (Å²) >= 11 is 0. The van der Waals surface area contributed by atoms with Crippen LogP contribution in [0.3, 0.4) is 0 Å². The number of anilines is 2. The van der Waals surface area contributed by atoms with Crippen molar-refractivity contribution in [2.45, 2.75) is 32.1 Å². The SMILES string of the molecule is COC(CN1CCC(n2cc(Nc3ncc(-c4cc(C)c(F)cc4F)n4ccnc34)cn2)CC1)OC. The summed E-state index contributed by atoms with van der Waals surface area (Å²) in [5, 5.41) is 7.84. The van der Waals surface area contributed by atoms with Gasteiger partial charge in [-0.05, 0) is 31.4 Å². The van der Waals surface area contributed by atoms with Crippen molar-refractivity contribution in [3.05, 3.63) is 60.3 Å². The maximum absolute atomic E-state index is 14.6. The Labute approximate surface area is 207 Å². The molecule has 9 nitrogen and oxygen atoms in total. The molecule has 4 aromatic rings. The van der Waals surface area contributed by atoms with Crippen LogP contribution in [0.5, 0.6) is 0 Å². The summed E-state index contributed by atoms with van der Waals surface area (Å²) in [6, 6.07) is 2.67. The predicted octanol–water partition coefficient (Wildman–Crippen LogP) is 4.18. The van der Waals surface area contributed by atoms with Gasteiger partial charge in [-0.25, -0.2) is 18.7 Å². The molecular weight excluding hydrogens is 468 g/mol. The Kier molecular flexibility index (Phi) is 6.95. The maximum atomic E-state index is 14.6. The summed E-state index contributed by atoms with van der Waals surface area (Å²) in [6.07, 6.45) is 10.4. The Hall–Kier alpha value is -3.41. The molecule has 36 heavy (non-hydrogen) atoms. The van der Waals surface area contributed by atoms with E-state index in [2.05, 4.69) is 25.3 Å².